The number of H-pyrrole nitrogens is 4. The van der Waals surface area contributed by atoms with Crippen LogP contribution < -0.4 is 43.5 Å². The molecule has 0 spiro atoms. The van der Waals surface area contributed by atoms with Gasteiger partial charge in [-0.15, -0.1) is 0 Å². The molecule has 30 nitrogen and oxygen atoms in total. The molecule has 620 valence electrons. The second-order valence-electron chi connectivity index (χ2n) is 31.9. The molecule has 4 aromatic carbocycles. The van der Waals surface area contributed by atoms with Crippen molar-refractivity contribution in [3.05, 3.63) is 234 Å². The lowest BCUT2D eigenvalue weighted by Gasteiger charge is -2.28. The van der Waals surface area contributed by atoms with E-state index in [0.29, 0.717) is 58.9 Å². The van der Waals surface area contributed by atoms with Crippen molar-refractivity contribution in [2.24, 2.45) is 0 Å². The number of likely N-dealkylation sites (tertiary alicyclic amines) is 2. The summed E-state index contributed by atoms with van der Waals surface area (Å²) in [5, 5.41) is 20.9. The minimum atomic E-state index is -0.133. The second-order valence-corrected chi connectivity index (χ2v) is 31.9. The SMILES string of the molecule is Cc1cccc2cc(C(C)Nc3ncnc4nc[nH]c34)n(C3CCCC3)c(=O)c12.Cc1cccc2cc(C(C)Nc3ncnc4nc[nH]c34)n(CCN3CCCC3)c(=O)c12.Cc1cccc2cc(C(C)Nc3ncnc4nc[nH]c34)n(CCN3CCCCC3)c(=O)c12.Cc1cccc2cc([C@H](C)Nc3ncnc4nc[nH]c34)n(C(C)C)c(=O)c12.S. The molecule has 16 aromatic rings. The molecule has 2 aliphatic heterocycles. The summed E-state index contributed by atoms with van der Waals surface area (Å²) in [5.74, 6) is 2.71. The maximum Gasteiger partial charge on any atom is 0.259 e. The van der Waals surface area contributed by atoms with Crippen LogP contribution in [-0.4, -0.2) is 147 Å². The van der Waals surface area contributed by atoms with E-state index in [-0.39, 0.29) is 72.0 Å². The molecule has 3 aliphatic rings. The van der Waals surface area contributed by atoms with Crippen molar-refractivity contribution in [3.8, 4) is 0 Å². The Labute approximate surface area is 699 Å². The fraction of sp³-hybridized carbons (Fsp3) is 0.371. The number of benzene rings is 4. The highest BCUT2D eigenvalue weighted by Crippen LogP contribution is 2.36. The third-order valence-corrected chi connectivity index (χ3v) is 23.6. The summed E-state index contributed by atoms with van der Waals surface area (Å²) in [7, 11) is 0. The van der Waals surface area contributed by atoms with Crippen molar-refractivity contribution in [2.45, 2.75) is 176 Å². The lowest BCUT2D eigenvalue weighted by molar-refractivity contribution is 0.219. The van der Waals surface area contributed by atoms with Gasteiger partial charge in [0.25, 0.3) is 22.2 Å². The number of rotatable bonds is 20. The van der Waals surface area contributed by atoms with Gasteiger partial charge in [0, 0.05) is 61.0 Å². The number of pyridine rings is 4. The Morgan fingerprint density at radius 3 is 1.02 bits per heavy atom. The number of anilines is 4. The number of aromatic amines is 4. The van der Waals surface area contributed by atoms with Gasteiger partial charge in [-0.1, -0.05) is 92.1 Å². The van der Waals surface area contributed by atoms with Crippen LogP contribution in [-0.2, 0) is 13.1 Å². The van der Waals surface area contributed by atoms with Gasteiger partial charge in [0.2, 0.25) is 0 Å². The zero-order chi connectivity index (χ0) is 82.5. The molecule has 4 atom stereocenters. The first-order valence-corrected chi connectivity index (χ1v) is 41.5. The normalized spacial score (nSPS) is 15.0. The number of hydrogen-bond donors (Lipinski definition) is 8. The molecule has 1 aliphatic carbocycles. The molecule has 120 heavy (non-hydrogen) atoms. The van der Waals surface area contributed by atoms with E-state index in [0.717, 1.165) is 162 Å². The largest absolute Gasteiger partial charge is 0.360 e. The third-order valence-electron chi connectivity index (χ3n) is 23.6. The summed E-state index contributed by atoms with van der Waals surface area (Å²) < 4.78 is 7.79. The van der Waals surface area contributed by atoms with Crippen molar-refractivity contribution in [2.75, 3.05) is 60.5 Å². The van der Waals surface area contributed by atoms with Crippen LogP contribution in [0, 0.1) is 27.7 Å². The minimum absolute atomic E-state index is 0. The Morgan fingerprint density at radius 2 is 0.667 bits per heavy atom. The molecule has 19 rings (SSSR count). The van der Waals surface area contributed by atoms with Gasteiger partial charge in [-0.2, -0.15) is 13.5 Å². The minimum Gasteiger partial charge on any atom is -0.360 e. The van der Waals surface area contributed by atoms with E-state index in [1.807, 2.05) is 140 Å². The molecule has 3 fully saturated rings. The van der Waals surface area contributed by atoms with Crippen molar-refractivity contribution >= 4 is 125 Å². The molecule has 2 saturated heterocycles. The molecule has 8 N–H and O–H groups in total. The first kappa shape index (κ1) is 82.5. The number of nitrogens with one attached hydrogen (secondary N) is 8. The summed E-state index contributed by atoms with van der Waals surface area (Å²) in [4.78, 5) is 122. The zero-order valence-corrected chi connectivity index (χ0v) is 70.5. The molecule has 0 bridgehead atoms. The van der Waals surface area contributed by atoms with Gasteiger partial charge in [0.05, 0.1) is 71.0 Å². The van der Waals surface area contributed by atoms with Gasteiger partial charge in [-0.3, -0.25) is 19.2 Å². The standard InChI is InChI=1S/C24H29N7O.C23H27N7O.C22H24N6O.C20H22N6O.H2S/c1-16-7-6-8-18-13-19(17(2)29-23-21-22(26-14-25-21)27-15-28-23)31(24(32)20(16)18)12-11-30-9-4-3-5-10-30;1-15-6-5-7-17-12-18(16(2)28-22-20-21(25-13-24-20)26-14-27-22)30(23(31)19(15)17)11-10-29-8-3-4-9-29;1-13-6-5-7-15-10-17(28(22(29)18(13)15)16-8-3-4-9-16)14(2)27-21-19-20(24-11-23-19)25-12-26-21;1-11(2)26-15(8-14-7-5-6-12(3)16(14)20(26)27)13(4)25-19-17-18(22-9-21-17)23-10-24-19;/h6-8,13-15,17H,3-5,9-12H2,1-2H3,(H2,25,26,27,28,29);5-7,12-14,16H,3-4,8-11H2,1-2H3,(H2,24,25,26,27,28);5-7,10-12,14,16H,3-4,8-9H2,1-2H3,(H2,23,24,25,26,27);5-11,13H,1-4H3,(H2,21,22,23,24,25);1H2/t;;;13-;/m...0./s1. The molecule has 14 heterocycles. The average Bonchev–Trinajstić information content (AvgIpc) is 1.18. The first-order valence-electron chi connectivity index (χ1n) is 41.5. The van der Waals surface area contributed by atoms with E-state index in [1.54, 1.807) is 25.3 Å². The second kappa shape index (κ2) is 36.3. The highest BCUT2D eigenvalue weighted by atomic mass is 32.1. The lowest BCUT2D eigenvalue weighted by atomic mass is 10.0. The smallest absolute Gasteiger partial charge is 0.259 e. The molecule has 0 amide bonds. The van der Waals surface area contributed by atoms with Crippen LogP contribution >= 0.6 is 13.5 Å². The number of aryl methyl sites for hydroxylation is 4. The monoisotopic (exact) mass is 1630 g/mol. The van der Waals surface area contributed by atoms with Crippen LogP contribution in [0.3, 0.4) is 0 Å². The van der Waals surface area contributed by atoms with Crippen LogP contribution in [0.5, 0.6) is 0 Å². The summed E-state index contributed by atoms with van der Waals surface area (Å²) in [6.45, 7) is 27.9. The predicted molar refractivity (Wildman–Crippen MR) is 481 cm³/mol. The summed E-state index contributed by atoms with van der Waals surface area (Å²) in [6, 6.07) is 32.4. The number of aromatic nitrogens is 20. The third kappa shape index (κ3) is 17.1. The van der Waals surface area contributed by atoms with E-state index in [1.165, 1.54) is 70.3 Å². The van der Waals surface area contributed by atoms with Crippen LogP contribution in [0.25, 0.3) is 87.7 Å². The first-order chi connectivity index (χ1) is 57.8. The molecule has 31 heteroatoms. The van der Waals surface area contributed by atoms with Crippen molar-refractivity contribution in [1.29, 1.82) is 0 Å². The van der Waals surface area contributed by atoms with Gasteiger partial charge < -0.3 is 69.3 Å². The molecular formula is C89H104N26O4S. The van der Waals surface area contributed by atoms with E-state index >= 15 is 0 Å². The molecule has 1 saturated carbocycles. The highest BCUT2D eigenvalue weighted by Gasteiger charge is 2.28. The number of piperidine rings is 1. The Hall–Kier alpha value is -12.6. The Balaban J connectivity index is 0.000000125. The summed E-state index contributed by atoms with van der Waals surface area (Å²) in [5.41, 5.74) is 13.7. The molecular weight excluding hydrogens is 1530 g/mol. The Bertz CT molecular complexity index is 6620. The predicted octanol–water partition coefficient (Wildman–Crippen LogP) is 15.0. The van der Waals surface area contributed by atoms with Gasteiger partial charge in [0.1, 0.15) is 47.4 Å². The Morgan fingerprint density at radius 1 is 0.358 bits per heavy atom. The van der Waals surface area contributed by atoms with Crippen LogP contribution in [0.1, 0.15) is 181 Å². The van der Waals surface area contributed by atoms with Gasteiger partial charge in [0.15, 0.2) is 45.9 Å². The molecule has 0 radical (unpaired) electrons. The maximum atomic E-state index is 13.6. The van der Waals surface area contributed by atoms with Crippen molar-refractivity contribution < 1.29 is 0 Å². The highest BCUT2D eigenvalue weighted by molar-refractivity contribution is 7.59. The van der Waals surface area contributed by atoms with Crippen LogP contribution in [0.4, 0.5) is 23.3 Å². The zero-order valence-electron chi connectivity index (χ0n) is 69.5. The quantitative estimate of drug-likeness (QED) is 0.0351. The van der Waals surface area contributed by atoms with Crippen molar-refractivity contribution in [3.63, 3.8) is 0 Å². The maximum absolute atomic E-state index is 13.6. The van der Waals surface area contributed by atoms with Gasteiger partial charge in [-0.25, -0.2) is 59.8 Å². The van der Waals surface area contributed by atoms with Crippen LogP contribution in [0.2, 0.25) is 0 Å². The number of fused-ring (bicyclic) bond motifs is 8. The topological polar surface area (TPSA) is 360 Å². The summed E-state index contributed by atoms with van der Waals surface area (Å²) >= 11 is 0. The number of imidazole rings is 4. The van der Waals surface area contributed by atoms with E-state index in [9.17, 15) is 19.2 Å². The summed E-state index contributed by atoms with van der Waals surface area (Å²) in [6.07, 6.45) is 23.1. The fourth-order valence-electron chi connectivity index (χ4n) is 17.5. The average molecular weight is 1630 g/mol. The number of nitrogens with zero attached hydrogens (tertiary/aromatic N) is 18. The fourth-order valence-corrected chi connectivity index (χ4v) is 17.5. The molecule has 12 aromatic heterocycles. The van der Waals surface area contributed by atoms with Crippen molar-refractivity contribution in [1.82, 2.24) is 108 Å². The van der Waals surface area contributed by atoms with Crippen LogP contribution in [0.15, 0.2) is 167 Å². The lowest BCUT2D eigenvalue weighted by Crippen LogP contribution is -2.36. The van der Waals surface area contributed by atoms with E-state index in [2.05, 4.69) is 156 Å². The van der Waals surface area contributed by atoms with E-state index in [4.69, 9.17) is 0 Å². The molecule has 3 unspecified atom stereocenters. The Kier molecular flexibility index (Phi) is 25.0. The number of hydrogen-bond acceptors (Lipinski definition) is 22. The van der Waals surface area contributed by atoms with Gasteiger partial charge >= 0.3 is 0 Å². The van der Waals surface area contributed by atoms with E-state index < -0.39 is 0 Å². The van der Waals surface area contributed by atoms with Gasteiger partial charge in [-0.05, 0) is 202 Å².